The second kappa shape index (κ2) is 5.24. The summed E-state index contributed by atoms with van der Waals surface area (Å²) in [6.45, 7) is 1.67. The van der Waals surface area contributed by atoms with Crippen LogP contribution in [0.5, 0.6) is 5.75 Å². The van der Waals surface area contributed by atoms with Crippen molar-refractivity contribution in [3.8, 4) is 5.75 Å². The third-order valence-corrected chi connectivity index (χ3v) is 2.71. The predicted octanol–water partition coefficient (Wildman–Crippen LogP) is 3.37. The molecule has 0 heterocycles. The van der Waals surface area contributed by atoms with Crippen LogP contribution in [0.25, 0.3) is 0 Å². The fourth-order valence-corrected chi connectivity index (χ4v) is 1.58. The lowest BCUT2D eigenvalue weighted by Gasteiger charge is -2.07. The van der Waals surface area contributed by atoms with Gasteiger partial charge in [-0.1, -0.05) is 6.07 Å². The number of carbonyl (C=O) groups excluding carboxylic acids is 1. The first-order chi connectivity index (χ1) is 9.38. The Balaban J connectivity index is 2.26. The number of nitrogens with one attached hydrogen (secondary N) is 1. The summed E-state index contributed by atoms with van der Waals surface area (Å²) in [5.74, 6) is -5.36. The lowest BCUT2D eigenvalue weighted by atomic mass is 10.1. The molecular formula is C14H10F3NO2. The number of hydrogen-bond donors (Lipinski definition) is 2. The summed E-state index contributed by atoms with van der Waals surface area (Å²) in [6, 6.07) is 5.58. The van der Waals surface area contributed by atoms with Crippen LogP contribution in [0.3, 0.4) is 0 Å². The molecule has 2 aromatic rings. The summed E-state index contributed by atoms with van der Waals surface area (Å²) < 4.78 is 38.8. The molecule has 3 nitrogen and oxygen atoms in total. The number of aryl methyl sites for hydroxylation is 1. The molecule has 2 aromatic carbocycles. The summed E-state index contributed by atoms with van der Waals surface area (Å²) >= 11 is 0. The van der Waals surface area contributed by atoms with Crippen LogP contribution in [0.15, 0.2) is 30.3 Å². The minimum absolute atomic E-state index is 0.0285. The highest BCUT2D eigenvalue weighted by atomic mass is 19.2. The van der Waals surface area contributed by atoms with E-state index in [0.29, 0.717) is 17.7 Å². The van der Waals surface area contributed by atoms with Crippen LogP contribution >= 0.6 is 0 Å². The van der Waals surface area contributed by atoms with Crippen molar-refractivity contribution >= 4 is 11.6 Å². The molecule has 0 aliphatic heterocycles. The first-order valence-electron chi connectivity index (χ1n) is 5.64. The first-order valence-corrected chi connectivity index (χ1v) is 5.64. The zero-order chi connectivity index (χ0) is 14.9. The Morgan fingerprint density at radius 3 is 2.25 bits per heavy atom. The van der Waals surface area contributed by atoms with E-state index in [9.17, 15) is 23.1 Å². The van der Waals surface area contributed by atoms with Gasteiger partial charge in [0, 0.05) is 17.3 Å². The first kappa shape index (κ1) is 13.9. The van der Waals surface area contributed by atoms with Gasteiger partial charge in [-0.05, 0) is 30.7 Å². The van der Waals surface area contributed by atoms with Gasteiger partial charge in [0.2, 0.25) is 0 Å². The topological polar surface area (TPSA) is 49.3 Å². The molecule has 0 unspecified atom stereocenters. The van der Waals surface area contributed by atoms with Crippen LogP contribution < -0.4 is 5.32 Å². The van der Waals surface area contributed by atoms with Crippen molar-refractivity contribution in [1.82, 2.24) is 0 Å². The predicted molar refractivity (Wildman–Crippen MR) is 67.1 cm³/mol. The molecule has 0 radical (unpaired) electrons. The third-order valence-electron chi connectivity index (χ3n) is 2.71. The quantitative estimate of drug-likeness (QED) is 0.829. The van der Waals surface area contributed by atoms with Crippen molar-refractivity contribution in [2.24, 2.45) is 0 Å². The van der Waals surface area contributed by atoms with Gasteiger partial charge in [-0.2, -0.15) is 0 Å². The number of amides is 1. The number of rotatable bonds is 2. The fourth-order valence-electron chi connectivity index (χ4n) is 1.58. The SMILES string of the molecule is Cc1ccc(NC(=O)c2cc(F)c(F)c(F)c2)cc1O. The minimum Gasteiger partial charge on any atom is -0.508 e. The van der Waals surface area contributed by atoms with Gasteiger partial charge in [0.15, 0.2) is 17.5 Å². The zero-order valence-electron chi connectivity index (χ0n) is 10.4. The van der Waals surface area contributed by atoms with Gasteiger partial charge in [-0.3, -0.25) is 4.79 Å². The lowest BCUT2D eigenvalue weighted by Crippen LogP contribution is -2.13. The summed E-state index contributed by atoms with van der Waals surface area (Å²) in [7, 11) is 0. The van der Waals surface area contributed by atoms with Crippen LogP contribution in [0, 0.1) is 24.4 Å². The molecule has 0 fully saturated rings. The number of benzene rings is 2. The molecule has 0 atom stereocenters. The maximum atomic E-state index is 13.0. The van der Waals surface area contributed by atoms with Crippen LogP contribution in [-0.4, -0.2) is 11.0 Å². The Bertz CT molecular complexity index is 663. The van der Waals surface area contributed by atoms with Crippen LogP contribution in [0.4, 0.5) is 18.9 Å². The Morgan fingerprint density at radius 2 is 1.70 bits per heavy atom. The normalized spacial score (nSPS) is 10.4. The van der Waals surface area contributed by atoms with Gasteiger partial charge in [0.1, 0.15) is 5.75 Å². The van der Waals surface area contributed by atoms with Gasteiger partial charge in [-0.25, -0.2) is 13.2 Å². The number of phenols is 1. The van der Waals surface area contributed by atoms with Crippen molar-refractivity contribution < 1.29 is 23.1 Å². The van der Waals surface area contributed by atoms with Crippen LogP contribution in [-0.2, 0) is 0 Å². The molecular weight excluding hydrogens is 271 g/mol. The maximum absolute atomic E-state index is 13.0. The molecule has 0 aliphatic carbocycles. The van der Waals surface area contributed by atoms with Gasteiger partial charge < -0.3 is 10.4 Å². The highest BCUT2D eigenvalue weighted by Gasteiger charge is 2.15. The summed E-state index contributed by atoms with van der Waals surface area (Å²) in [5.41, 5.74) is 0.506. The average molecular weight is 281 g/mol. The van der Waals surface area contributed by atoms with Gasteiger partial charge in [0.25, 0.3) is 5.91 Å². The number of halogens is 3. The molecule has 1 amide bonds. The Morgan fingerprint density at radius 1 is 1.10 bits per heavy atom. The lowest BCUT2D eigenvalue weighted by molar-refractivity contribution is 0.102. The second-order valence-corrected chi connectivity index (χ2v) is 4.21. The van der Waals surface area contributed by atoms with E-state index in [2.05, 4.69) is 5.32 Å². The van der Waals surface area contributed by atoms with Crippen molar-refractivity contribution in [2.75, 3.05) is 5.32 Å². The van der Waals surface area contributed by atoms with E-state index in [1.54, 1.807) is 13.0 Å². The third kappa shape index (κ3) is 2.74. The van der Waals surface area contributed by atoms with Gasteiger partial charge in [-0.15, -0.1) is 0 Å². The molecule has 0 saturated carbocycles. The molecule has 6 heteroatoms. The second-order valence-electron chi connectivity index (χ2n) is 4.21. The van der Waals surface area contributed by atoms with E-state index in [1.807, 2.05) is 0 Å². The molecule has 0 saturated heterocycles. The van der Waals surface area contributed by atoms with E-state index in [-0.39, 0.29) is 17.0 Å². The molecule has 104 valence electrons. The number of phenolic OH excluding ortho intramolecular Hbond substituents is 1. The maximum Gasteiger partial charge on any atom is 0.255 e. The molecule has 0 spiro atoms. The number of carbonyl (C=O) groups is 1. The molecule has 0 bridgehead atoms. The van der Waals surface area contributed by atoms with E-state index < -0.39 is 23.4 Å². The summed E-state index contributed by atoms with van der Waals surface area (Å²) in [6.07, 6.45) is 0. The van der Waals surface area contributed by atoms with E-state index >= 15 is 0 Å². The van der Waals surface area contributed by atoms with Crippen molar-refractivity contribution in [3.63, 3.8) is 0 Å². The largest absolute Gasteiger partial charge is 0.508 e. The summed E-state index contributed by atoms with van der Waals surface area (Å²) in [5, 5.41) is 11.8. The molecule has 2 rings (SSSR count). The molecule has 2 N–H and O–H groups in total. The molecule has 20 heavy (non-hydrogen) atoms. The number of hydrogen-bond acceptors (Lipinski definition) is 2. The fraction of sp³-hybridized carbons (Fsp3) is 0.0714. The molecule has 0 aliphatic rings. The molecule has 0 aromatic heterocycles. The standard InChI is InChI=1S/C14H10F3NO2/c1-7-2-3-9(6-12(7)19)18-14(20)8-4-10(15)13(17)11(16)5-8/h2-6,19H,1H3,(H,18,20). The van der Waals surface area contributed by atoms with Crippen LogP contribution in [0.1, 0.15) is 15.9 Å². The van der Waals surface area contributed by atoms with Gasteiger partial charge >= 0.3 is 0 Å². The smallest absolute Gasteiger partial charge is 0.255 e. The average Bonchev–Trinajstić information content (AvgIpc) is 2.39. The minimum atomic E-state index is -1.63. The van der Waals surface area contributed by atoms with Crippen molar-refractivity contribution in [3.05, 3.63) is 58.9 Å². The summed E-state index contributed by atoms with van der Waals surface area (Å²) in [4.78, 5) is 11.8. The highest BCUT2D eigenvalue weighted by Crippen LogP contribution is 2.22. The highest BCUT2D eigenvalue weighted by molar-refractivity contribution is 6.04. The monoisotopic (exact) mass is 281 g/mol. The van der Waals surface area contributed by atoms with Gasteiger partial charge in [0.05, 0.1) is 0 Å². The Labute approximate surface area is 112 Å². The van der Waals surface area contributed by atoms with Crippen molar-refractivity contribution in [2.45, 2.75) is 6.92 Å². The number of aromatic hydroxyl groups is 1. The zero-order valence-corrected chi connectivity index (χ0v) is 10.4. The Hall–Kier alpha value is -2.50. The van der Waals surface area contributed by atoms with Crippen LogP contribution in [0.2, 0.25) is 0 Å². The van der Waals surface area contributed by atoms with E-state index in [4.69, 9.17) is 0 Å². The van der Waals surface area contributed by atoms with E-state index in [0.717, 1.165) is 0 Å². The number of anilines is 1. The Kier molecular flexibility index (Phi) is 3.65. The van der Waals surface area contributed by atoms with E-state index in [1.165, 1.54) is 12.1 Å². The van der Waals surface area contributed by atoms with Crippen molar-refractivity contribution in [1.29, 1.82) is 0 Å².